The maximum Gasteiger partial charge on any atom is 0.257 e. The van der Waals surface area contributed by atoms with Crippen molar-refractivity contribution in [1.29, 1.82) is 0 Å². The third-order valence-electron chi connectivity index (χ3n) is 2.98. The zero-order valence-electron chi connectivity index (χ0n) is 12.3. The standard InChI is InChI=1S/C16H17N3O2/c1-11-6-7-14(13(9-11)5-4-8-20)16(21)17-15-10-19(3)18-12(15)2/h6-7,9-10,20H,8H2,1-3H3,(H,17,21). The summed E-state index contributed by atoms with van der Waals surface area (Å²) in [5.74, 6) is 5.14. The summed E-state index contributed by atoms with van der Waals surface area (Å²) in [6.07, 6.45) is 1.75. The van der Waals surface area contributed by atoms with Crippen LogP contribution in [0.5, 0.6) is 0 Å². The molecule has 0 aliphatic carbocycles. The second-order valence-electron chi connectivity index (χ2n) is 4.76. The van der Waals surface area contributed by atoms with Gasteiger partial charge in [0.25, 0.3) is 5.91 Å². The molecule has 0 aliphatic heterocycles. The number of benzene rings is 1. The first kappa shape index (κ1) is 14.8. The Morgan fingerprint density at radius 1 is 1.43 bits per heavy atom. The fourth-order valence-corrected chi connectivity index (χ4v) is 2.01. The summed E-state index contributed by atoms with van der Waals surface area (Å²) in [6, 6.07) is 5.42. The van der Waals surface area contributed by atoms with Crippen LogP contribution in [0.4, 0.5) is 5.69 Å². The van der Waals surface area contributed by atoms with E-state index in [2.05, 4.69) is 22.3 Å². The van der Waals surface area contributed by atoms with Crippen molar-refractivity contribution in [2.45, 2.75) is 13.8 Å². The van der Waals surface area contributed by atoms with Crippen molar-refractivity contribution >= 4 is 11.6 Å². The lowest BCUT2D eigenvalue weighted by molar-refractivity contribution is 0.102. The van der Waals surface area contributed by atoms with E-state index in [9.17, 15) is 4.79 Å². The van der Waals surface area contributed by atoms with Crippen LogP contribution in [-0.2, 0) is 7.05 Å². The lowest BCUT2D eigenvalue weighted by Gasteiger charge is -2.07. The van der Waals surface area contributed by atoms with Gasteiger partial charge in [0.2, 0.25) is 0 Å². The van der Waals surface area contributed by atoms with Crippen molar-refractivity contribution in [2.75, 3.05) is 11.9 Å². The summed E-state index contributed by atoms with van der Waals surface area (Å²) < 4.78 is 1.65. The Morgan fingerprint density at radius 2 is 2.19 bits per heavy atom. The molecule has 2 aromatic rings. The average molecular weight is 283 g/mol. The van der Waals surface area contributed by atoms with Crippen LogP contribution in [0.2, 0.25) is 0 Å². The fourth-order valence-electron chi connectivity index (χ4n) is 2.01. The van der Waals surface area contributed by atoms with Gasteiger partial charge in [0.05, 0.1) is 16.9 Å². The van der Waals surface area contributed by atoms with Gasteiger partial charge in [-0.2, -0.15) is 5.10 Å². The number of anilines is 1. The molecule has 0 bridgehead atoms. The molecule has 2 rings (SSSR count). The molecule has 0 atom stereocenters. The van der Waals surface area contributed by atoms with E-state index in [0.717, 1.165) is 11.3 Å². The minimum atomic E-state index is -0.242. The number of nitrogens with zero attached hydrogens (tertiary/aromatic N) is 2. The Bertz CT molecular complexity index is 736. The monoisotopic (exact) mass is 283 g/mol. The third-order valence-corrected chi connectivity index (χ3v) is 2.98. The maximum atomic E-state index is 12.4. The van der Waals surface area contributed by atoms with Crippen molar-refractivity contribution in [3.05, 3.63) is 46.8 Å². The lowest BCUT2D eigenvalue weighted by Crippen LogP contribution is -2.14. The largest absolute Gasteiger partial charge is 0.384 e. The predicted octanol–water partition coefficient (Wildman–Crippen LogP) is 1.63. The number of amides is 1. The number of aromatic nitrogens is 2. The van der Waals surface area contributed by atoms with Crippen LogP contribution in [0.3, 0.4) is 0 Å². The summed E-state index contributed by atoms with van der Waals surface area (Å²) in [5.41, 5.74) is 3.50. The molecule has 0 radical (unpaired) electrons. The van der Waals surface area contributed by atoms with Gasteiger partial charge in [-0.25, -0.2) is 0 Å². The van der Waals surface area contributed by atoms with Gasteiger partial charge in [-0.15, -0.1) is 0 Å². The summed E-state index contributed by atoms with van der Waals surface area (Å²) in [6.45, 7) is 3.52. The second kappa shape index (κ2) is 6.25. The van der Waals surface area contributed by atoms with E-state index < -0.39 is 0 Å². The zero-order valence-corrected chi connectivity index (χ0v) is 12.3. The highest BCUT2D eigenvalue weighted by Crippen LogP contribution is 2.16. The van der Waals surface area contributed by atoms with Gasteiger partial charge in [0.1, 0.15) is 6.61 Å². The summed E-state index contributed by atoms with van der Waals surface area (Å²) in [7, 11) is 1.80. The van der Waals surface area contributed by atoms with E-state index in [1.165, 1.54) is 0 Å². The summed E-state index contributed by atoms with van der Waals surface area (Å²) in [4.78, 5) is 12.4. The smallest absolute Gasteiger partial charge is 0.257 e. The van der Waals surface area contributed by atoms with Gasteiger partial charge in [-0.1, -0.05) is 17.9 Å². The van der Waals surface area contributed by atoms with Gasteiger partial charge in [-0.3, -0.25) is 9.48 Å². The molecule has 0 aliphatic rings. The molecule has 1 aromatic heterocycles. The van der Waals surface area contributed by atoms with Crippen LogP contribution in [0.25, 0.3) is 0 Å². The minimum absolute atomic E-state index is 0.239. The Morgan fingerprint density at radius 3 is 2.81 bits per heavy atom. The summed E-state index contributed by atoms with van der Waals surface area (Å²) >= 11 is 0. The second-order valence-corrected chi connectivity index (χ2v) is 4.76. The van der Waals surface area contributed by atoms with Crippen LogP contribution in [-0.4, -0.2) is 27.4 Å². The molecule has 21 heavy (non-hydrogen) atoms. The number of aryl methyl sites for hydroxylation is 3. The molecule has 1 heterocycles. The molecular weight excluding hydrogens is 266 g/mol. The number of hydrogen-bond donors (Lipinski definition) is 2. The number of carbonyl (C=O) groups excluding carboxylic acids is 1. The van der Waals surface area contributed by atoms with Crippen LogP contribution >= 0.6 is 0 Å². The molecule has 0 spiro atoms. The van der Waals surface area contributed by atoms with Crippen molar-refractivity contribution in [3.8, 4) is 11.8 Å². The van der Waals surface area contributed by atoms with E-state index >= 15 is 0 Å². The molecule has 0 saturated carbocycles. The van der Waals surface area contributed by atoms with Crippen LogP contribution < -0.4 is 5.32 Å². The average Bonchev–Trinajstić information content (AvgIpc) is 2.74. The molecule has 0 fully saturated rings. The third kappa shape index (κ3) is 3.50. The van der Waals surface area contributed by atoms with Crippen molar-refractivity contribution in [3.63, 3.8) is 0 Å². The predicted molar refractivity (Wildman–Crippen MR) is 81.0 cm³/mol. The first-order valence-corrected chi connectivity index (χ1v) is 6.53. The number of carbonyl (C=O) groups is 1. The Balaban J connectivity index is 2.32. The van der Waals surface area contributed by atoms with Crippen molar-refractivity contribution < 1.29 is 9.90 Å². The Kier molecular flexibility index (Phi) is 4.41. The van der Waals surface area contributed by atoms with Gasteiger partial charge < -0.3 is 10.4 Å². The zero-order chi connectivity index (χ0) is 15.4. The van der Waals surface area contributed by atoms with Crippen LogP contribution in [0.1, 0.15) is 27.2 Å². The molecule has 5 heteroatoms. The quantitative estimate of drug-likeness (QED) is 0.823. The molecule has 108 valence electrons. The number of nitrogens with one attached hydrogen (secondary N) is 1. The number of aliphatic hydroxyl groups is 1. The first-order chi connectivity index (χ1) is 10.0. The van der Waals surface area contributed by atoms with Crippen LogP contribution in [0, 0.1) is 25.7 Å². The van der Waals surface area contributed by atoms with Gasteiger partial charge in [-0.05, 0) is 31.5 Å². The van der Waals surface area contributed by atoms with Gasteiger partial charge in [0.15, 0.2) is 0 Å². The first-order valence-electron chi connectivity index (χ1n) is 6.53. The molecular formula is C16H17N3O2. The molecule has 0 saturated heterocycles. The fraction of sp³-hybridized carbons (Fsp3) is 0.250. The van der Waals surface area contributed by atoms with E-state index in [-0.39, 0.29) is 12.5 Å². The van der Waals surface area contributed by atoms with Crippen LogP contribution in [0.15, 0.2) is 24.4 Å². The van der Waals surface area contributed by atoms with Gasteiger partial charge >= 0.3 is 0 Å². The number of aliphatic hydroxyl groups excluding tert-OH is 1. The highest BCUT2D eigenvalue weighted by Gasteiger charge is 2.13. The summed E-state index contributed by atoms with van der Waals surface area (Å²) in [5, 5.41) is 15.8. The molecule has 1 amide bonds. The molecule has 0 unspecified atom stereocenters. The highest BCUT2D eigenvalue weighted by molar-refractivity contribution is 6.06. The number of hydrogen-bond acceptors (Lipinski definition) is 3. The van der Waals surface area contributed by atoms with E-state index in [0.29, 0.717) is 16.8 Å². The minimum Gasteiger partial charge on any atom is -0.384 e. The number of rotatable bonds is 2. The SMILES string of the molecule is Cc1ccc(C(=O)Nc2cn(C)nc2C)c(C#CCO)c1. The maximum absolute atomic E-state index is 12.4. The molecule has 1 aromatic carbocycles. The Hall–Kier alpha value is -2.58. The van der Waals surface area contributed by atoms with E-state index in [4.69, 9.17) is 5.11 Å². The van der Waals surface area contributed by atoms with Crippen molar-refractivity contribution in [2.24, 2.45) is 7.05 Å². The molecule has 5 nitrogen and oxygen atoms in total. The lowest BCUT2D eigenvalue weighted by atomic mass is 10.0. The Labute approximate surface area is 123 Å². The topological polar surface area (TPSA) is 67.2 Å². The van der Waals surface area contributed by atoms with E-state index in [1.54, 1.807) is 24.0 Å². The molecule has 2 N–H and O–H groups in total. The van der Waals surface area contributed by atoms with E-state index in [1.807, 2.05) is 26.0 Å². The highest BCUT2D eigenvalue weighted by atomic mass is 16.2. The normalized spacial score (nSPS) is 9.90. The van der Waals surface area contributed by atoms with Crippen molar-refractivity contribution in [1.82, 2.24) is 9.78 Å². The van der Waals surface area contributed by atoms with Gasteiger partial charge in [0, 0.05) is 18.8 Å².